The van der Waals surface area contributed by atoms with Crippen molar-refractivity contribution in [3.05, 3.63) is 30.1 Å². The molecule has 3 aliphatic heterocycles. The number of carbonyl (C=O) groups excluding carboxylic acids is 2. The summed E-state index contributed by atoms with van der Waals surface area (Å²) >= 11 is 0. The second-order valence-corrected chi connectivity index (χ2v) is 7.64. The van der Waals surface area contributed by atoms with Crippen molar-refractivity contribution in [3.8, 4) is 0 Å². The number of anilines is 1. The van der Waals surface area contributed by atoms with Gasteiger partial charge in [-0.1, -0.05) is 0 Å². The first kappa shape index (κ1) is 18.2. The second-order valence-electron chi connectivity index (χ2n) is 7.64. The van der Waals surface area contributed by atoms with Gasteiger partial charge in [0, 0.05) is 45.0 Å². The first-order valence-electron chi connectivity index (χ1n) is 9.98. The Kier molecular flexibility index (Phi) is 5.29. The number of rotatable bonds is 6. The number of benzene rings is 1. The van der Waals surface area contributed by atoms with Crippen molar-refractivity contribution < 1.29 is 14.0 Å². The molecule has 6 nitrogen and oxygen atoms in total. The van der Waals surface area contributed by atoms with Crippen LogP contribution in [-0.4, -0.2) is 78.5 Å². The molecule has 0 spiro atoms. The van der Waals surface area contributed by atoms with Crippen molar-refractivity contribution in [1.29, 1.82) is 0 Å². The highest BCUT2D eigenvalue weighted by atomic mass is 19.1. The van der Waals surface area contributed by atoms with E-state index in [0.717, 1.165) is 70.6 Å². The van der Waals surface area contributed by atoms with E-state index in [1.165, 1.54) is 17.0 Å². The van der Waals surface area contributed by atoms with Crippen molar-refractivity contribution >= 4 is 17.6 Å². The number of piperazine rings is 1. The summed E-state index contributed by atoms with van der Waals surface area (Å²) in [6.45, 7) is 6.09. The summed E-state index contributed by atoms with van der Waals surface area (Å²) in [5.41, 5.74) is 1.07. The lowest BCUT2D eigenvalue weighted by Crippen LogP contribution is -2.46. The Balaban J connectivity index is 1.16. The van der Waals surface area contributed by atoms with Gasteiger partial charge < -0.3 is 9.80 Å². The van der Waals surface area contributed by atoms with Gasteiger partial charge in [-0.25, -0.2) is 9.18 Å². The maximum atomic E-state index is 13.0. The molecule has 0 bridgehead atoms. The maximum Gasteiger partial charge on any atom is 0.327 e. The fourth-order valence-electron chi connectivity index (χ4n) is 4.37. The van der Waals surface area contributed by atoms with Crippen LogP contribution in [0.25, 0.3) is 0 Å². The van der Waals surface area contributed by atoms with E-state index in [1.54, 1.807) is 4.90 Å². The maximum absolute atomic E-state index is 13.0. The minimum atomic E-state index is -0.201. The van der Waals surface area contributed by atoms with E-state index in [4.69, 9.17) is 0 Å². The smallest absolute Gasteiger partial charge is 0.327 e. The van der Waals surface area contributed by atoms with Crippen molar-refractivity contribution in [2.24, 2.45) is 0 Å². The zero-order valence-electron chi connectivity index (χ0n) is 15.6. The first-order chi connectivity index (χ1) is 13.1. The normalized spacial score (nSPS) is 23.4. The Morgan fingerprint density at radius 2 is 1.63 bits per heavy atom. The first-order valence-corrected chi connectivity index (χ1v) is 9.98. The average molecular weight is 374 g/mol. The number of nitrogens with zero attached hydrogens (tertiary/aromatic N) is 4. The van der Waals surface area contributed by atoms with Gasteiger partial charge in [0.25, 0.3) is 5.91 Å². The molecule has 3 aliphatic rings. The molecule has 7 heteroatoms. The number of halogens is 1. The van der Waals surface area contributed by atoms with Gasteiger partial charge in [0.2, 0.25) is 0 Å². The molecule has 27 heavy (non-hydrogen) atoms. The molecule has 0 radical (unpaired) electrons. The van der Waals surface area contributed by atoms with Gasteiger partial charge in [0.1, 0.15) is 11.9 Å². The molecule has 3 saturated heterocycles. The molecule has 1 atom stereocenters. The largest absolute Gasteiger partial charge is 0.369 e. The van der Waals surface area contributed by atoms with Crippen LogP contribution in [0.2, 0.25) is 0 Å². The number of imide groups is 1. The number of unbranched alkanes of at least 4 members (excludes halogenated alkanes) is 1. The van der Waals surface area contributed by atoms with Crippen LogP contribution in [0.1, 0.15) is 25.7 Å². The van der Waals surface area contributed by atoms with Crippen LogP contribution in [0.15, 0.2) is 24.3 Å². The monoisotopic (exact) mass is 374 g/mol. The molecular formula is C20H27FN4O2. The van der Waals surface area contributed by atoms with E-state index in [2.05, 4.69) is 9.80 Å². The van der Waals surface area contributed by atoms with E-state index in [1.807, 2.05) is 12.1 Å². The number of amides is 3. The molecule has 3 heterocycles. The number of fused-ring (bicyclic) bond motifs is 1. The van der Waals surface area contributed by atoms with E-state index >= 15 is 0 Å². The third-order valence-corrected chi connectivity index (χ3v) is 5.95. The van der Waals surface area contributed by atoms with Crippen molar-refractivity contribution in [3.63, 3.8) is 0 Å². The standard InChI is InChI=1S/C20H27FN4O2/c21-16-5-7-17(8-6-16)23-14-12-22(13-15-23)9-1-2-10-25-19(26)18-4-3-11-24(18)20(25)27/h5-8,18H,1-4,9-15H2/t18-/m1/s1. The van der Waals surface area contributed by atoms with Crippen LogP contribution in [0.5, 0.6) is 0 Å². The Hall–Kier alpha value is -2.15. The molecule has 3 fully saturated rings. The second kappa shape index (κ2) is 7.84. The van der Waals surface area contributed by atoms with E-state index in [0.29, 0.717) is 6.54 Å². The minimum absolute atomic E-state index is 0.00501. The zero-order valence-corrected chi connectivity index (χ0v) is 15.6. The molecule has 1 aromatic carbocycles. The van der Waals surface area contributed by atoms with Crippen LogP contribution in [0, 0.1) is 5.82 Å². The summed E-state index contributed by atoms with van der Waals surface area (Å²) in [6.07, 6.45) is 3.60. The van der Waals surface area contributed by atoms with E-state index < -0.39 is 0 Å². The predicted molar refractivity (Wildman–Crippen MR) is 101 cm³/mol. The number of hydrogen-bond acceptors (Lipinski definition) is 4. The highest BCUT2D eigenvalue weighted by Crippen LogP contribution is 2.27. The molecule has 0 unspecified atom stereocenters. The lowest BCUT2D eigenvalue weighted by molar-refractivity contribution is -0.128. The molecule has 146 valence electrons. The Bertz CT molecular complexity index is 666. The van der Waals surface area contributed by atoms with Crippen LogP contribution < -0.4 is 4.90 Å². The van der Waals surface area contributed by atoms with Gasteiger partial charge in [0.15, 0.2) is 0 Å². The van der Waals surface area contributed by atoms with Crippen LogP contribution in [0.4, 0.5) is 14.9 Å². The number of urea groups is 1. The molecule has 0 aromatic heterocycles. The fraction of sp³-hybridized carbons (Fsp3) is 0.600. The fourth-order valence-corrected chi connectivity index (χ4v) is 4.37. The highest BCUT2D eigenvalue weighted by molar-refractivity contribution is 6.04. The number of hydrogen-bond donors (Lipinski definition) is 0. The molecule has 3 amide bonds. The van der Waals surface area contributed by atoms with Crippen molar-refractivity contribution in [2.75, 3.05) is 50.7 Å². The third kappa shape index (κ3) is 3.78. The van der Waals surface area contributed by atoms with Gasteiger partial charge in [-0.2, -0.15) is 0 Å². The summed E-state index contributed by atoms with van der Waals surface area (Å²) in [5, 5.41) is 0. The Labute approximate surface area is 159 Å². The van der Waals surface area contributed by atoms with Gasteiger partial charge in [0.05, 0.1) is 0 Å². The van der Waals surface area contributed by atoms with Gasteiger partial charge in [-0.3, -0.25) is 14.6 Å². The molecule has 4 rings (SSSR count). The van der Waals surface area contributed by atoms with Crippen molar-refractivity contribution in [2.45, 2.75) is 31.7 Å². The molecule has 0 saturated carbocycles. The Morgan fingerprint density at radius 1 is 0.926 bits per heavy atom. The summed E-state index contributed by atoms with van der Waals surface area (Å²) < 4.78 is 13.0. The third-order valence-electron chi connectivity index (χ3n) is 5.95. The summed E-state index contributed by atoms with van der Waals surface area (Å²) in [6, 6.07) is 6.41. The molecule has 1 aromatic rings. The molecule has 0 aliphatic carbocycles. The lowest BCUT2D eigenvalue weighted by atomic mass is 10.2. The van der Waals surface area contributed by atoms with Crippen LogP contribution in [-0.2, 0) is 4.79 Å². The quantitative estimate of drug-likeness (QED) is 0.566. The zero-order chi connectivity index (χ0) is 18.8. The molecule has 0 N–H and O–H groups in total. The van der Waals surface area contributed by atoms with Gasteiger partial charge in [-0.15, -0.1) is 0 Å². The van der Waals surface area contributed by atoms with Crippen LogP contribution >= 0.6 is 0 Å². The lowest BCUT2D eigenvalue weighted by Gasteiger charge is -2.36. The number of carbonyl (C=O) groups is 2. The summed E-state index contributed by atoms with van der Waals surface area (Å²) in [7, 11) is 0. The average Bonchev–Trinajstić information content (AvgIpc) is 3.25. The Morgan fingerprint density at radius 3 is 2.33 bits per heavy atom. The van der Waals surface area contributed by atoms with Crippen molar-refractivity contribution in [1.82, 2.24) is 14.7 Å². The SMILES string of the molecule is O=C1[C@H]2CCCN2C(=O)N1CCCCN1CCN(c2ccc(F)cc2)CC1. The van der Waals surface area contributed by atoms with E-state index in [9.17, 15) is 14.0 Å². The summed E-state index contributed by atoms with van der Waals surface area (Å²) in [4.78, 5) is 32.5. The topological polar surface area (TPSA) is 47.1 Å². The predicted octanol–water partition coefficient (Wildman–Crippen LogP) is 2.15. The van der Waals surface area contributed by atoms with E-state index in [-0.39, 0.29) is 23.8 Å². The molecular weight excluding hydrogens is 347 g/mol. The van der Waals surface area contributed by atoms with Gasteiger partial charge >= 0.3 is 6.03 Å². The highest BCUT2D eigenvalue weighted by Gasteiger charge is 2.46. The summed E-state index contributed by atoms with van der Waals surface area (Å²) in [5.74, 6) is -0.196. The van der Waals surface area contributed by atoms with Crippen LogP contribution in [0.3, 0.4) is 0 Å². The van der Waals surface area contributed by atoms with Gasteiger partial charge in [-0.05, 0) is 56.5 Å². The minimum Gasteiger partial charge on any atom is -0.369 e.